The molecular formula is C14H22N2OS. The van der Waals surface area contributed by atoms with Crippen molar-refractivity contribution in [1.29, 1.82) is 0 Å². The first kappa shape index (κ1) is 15.1. The van der Waals surface area contributed by atoms with E-state index in [2.05, 4.69) is 6.92 Å². The molecule has 1 aromatic carbocycles. The lowest BCUT2D eigenvalue weighted by atomic mass is 9.92. The summed E-state index contributed by atoms with van der Waals surface area (Å²) in [4.78, 5) is 11.6. The molecule has 0 aliphatic heterocycles. The van der Waals surface area contributed by atoms with Crippen LogP contribution in [-0.2, 0) is 10.3 Å². The van der Waals surface area contributed by atoms with Gasteiger partial charge >= 0.3 is 0 Å². The van der Waals surface area contributed by atoms with Crippen LogP contribution in [0.5, 0.6) is 0 Å². The number of benzene rings is 1. The predicted molar refractivity (Wildman–Crippen MR) is 78.4 cm³/mol. The molecular weight excluding hydrogens is 244 g/mol. The van der Waals surface area contributed by atoms with Crippen molar-refractivity contribution < 1.29 is 4.79 Å². The molecule has 18 heavy (non-hydrogen) atoms. The summed E-state index contributed by atoms with van der Waals surface area (Å²) < 4.78 is 0. The second kappa shape index (κ2) is 7.44. The van der Waals surface area contributed by atoms with E-state index in [1.54, 1.807) is 11.8 Å². The fourth-order valence-corrected chi connectivity index (χ4v) is 2.90. The molecule has 1 amide bonds. The summed E-state index contributed by atoms with van der Waals surface area (Å²) >= 11 is 1.70. The zero-order valence-electron chi connectivity index (χ0n) is 10.9. The lowest BCUT2D eigenvalue weighted by Gasteiger charge is -2.26. The maximum atomic E-state index is 11.6. The molecule has 0 saturated heterocycles. The minimum Gasteiger partial charge on any atom is -0.368 e. The molecule has 1 unspecified atom stereocenters. The molecule has 4 N–H and O–H groups in total. The highest BCUT2D eigenvalue weighted by Crippen LogP contribution is 2.23. The Morgan fingerprint density at radius 1 is 1.28 bits per heavy atom. The third kappa shape index (κ3) is 4.03. The summed E-state index contributed by atoms with van der Waals surface area (Å²) in [6.07, 6.45) is 3.57. The molecule has 1 atom stereocenters. The Morgan fingerprint density at radius 2 is 1.94 bits per heavy atom. The molecule has 1 aromatic rings. The number of hydrogen-bond acceptors (Lipinski definition) is 3. The monoisotopic (exact) mass is 266 g/mol. The highest BCUT2D eigenvalue weighted by Gasteiger charge is 2.33. The smallest absolute Gasteiger partial charge is 0.242 e. The number of hydrogen-bond donors (Lipinski definition) is 2. The first-order chi connectivity index (χ1) is 8.61. The van der Waals surface area contributed by atoms with Crippen LogP contribution < -0.4 is 11.5 Å². The van der Waals surface area contributed by atoms with E-state index in [1.807, 2.05) is 30.3 Å². The number of carbonyl (C=O) groups excluding carboxylic acids is 1. The number of nitrogens with two attached hydrogens (primary N) is 2. The van der Waals surface area contributed by atoms with Crippen LogP contribution in [0.25, 0.3) is 0 Å². The van der Waals surface area contributed by atoms with Crippen molar-refractivity contribution >= 4 is 17.7 Å². The molecule has 4 heteroatoms. The average Bonchev–Trinajstić information content (AvgIpc) is 2.39. The van der Waals surface area contributed by atoms with Gasteiger partial charge in [0, 0.05) is 5.75 Å². The Hall–Kier alpha value is -1.00. The van der Waals surface area contributed by atoms with Gasteiger partial charge in [0.1, 0.15) is 5.54 Å². The number of amides is 1. The molecule has 3 nitrogen and oxygen atoms in total. The van der Waals surface area contributed by atoms with Gasteiger partial charge in [-0.05, 0) is 17.7 Å². The molecule has 0 aromatic heterocycles. The Kier molecular flexibility index (Phi) is 6.22. The van der Waals surface area contributed by atoms with Crippen molar-refractivity contribution in [3.63, 3.8) is 0 Å². The summed E-state index contributed by atoms with van der Waals surface area (Å²) in [7, 11) is 0. The molecule has 0 radical (unpaired) electrons. The summed E-state index contributed by atoms with van der Waals surface area (Å²) in [5.74, 6) is 1.10. The van der Waals surface area contributed by atoms with E-state index in [-0.39, 0.29) is 0 Å². The van der Waals surface area contributed by atoms with Gasteiger partial charge in [-0.2, -0.15) is 11.8 Å². The van der Waals surface area contributed by atoms with Crippen molar-refractivity contribution in [2.75, 3.05) is 11.5 Å². The zero-order chi connectivity index (χ0) is 13.4. The van der Waals surface area contributed by atoms with Crippen LogP contribution in [0.4, 0.5) is 0 Å². The lowest BCUT2D eigenvalue weighted by molar-refractivity contribution is -0.122. The number of primary amides is 1. The number of carbonyl (C=O) groups is 1. The van der Waals surface area contributed by atoms with Crippen molar-refractivity contribution in [3.05, 3.63) is 35.9 Å². The highest BCUT2D eigenvalue weighted by atomic mass is 32.2. The Morgan fingerprint density at radius 3 is 2.50 bits per heavy atom. The molecule has 0 saturated carbocycles. The molecule has 0 aliphatic carbocycles. The largest absolute Gasteiger partial charge is 0.368 e. The van der Waals surface area contributed by atoms with Crippen LogP contribution in [-0.4, -0.2) is 17.4 Å². The van der Waals surface area contributed by atoms with Gasteiger partial charge in [0.15, 0.2) is 0 Å². The van der Waals surface area contributed by atoms with Crippen molar-refractivity contribution in [2.45, 2.75) is 31.7 Å². The van der Waals surface area contributed by atoms with Gasteiger partial charge in [0.25, 0.3) is 0 Å². The minimum absolute atomic E-state index is 0.461. The first-order valence-electron chi connectivity index (χ1n) is 6.33. The topological polar surface area (TPSA) is 69.1 Å². The van der Waals surface area contributed by atoms with E-state index in [1.165, 1.54) is 12.8 Å². The van der Waals surface area contributed by atoms with Gasteiger partial charge in [-0.25, -0.2) is 0 Å². The first-order valence-corrected chi connectivity index (χ1v) is 7.48. The average molecular weight is 266 g/mol. The number of rotatable bonds is 8. The van der Waals surface area contributed by atoms with Crippen LogP contribution >= 0.6 is 11.8 Å². The van der Waals surface area contributed by atoms with Gasteiger partial charge in [0.2, 0.25) is 5.91 Å². The quantitative estimate of drug-likeness (QED) is 0.709. The van der Waals surface area contributed by atoms with E-state index < -0.39 is 11.4 Å². The van der Waals surface area contributed by atoms with Crippen LogP contribution in [0.3, 0.4) is 0 Å². The third-order valence-corrected chi connectivity index (χ3v) is 4.19. The van der Waals surface area contributed by atoms with Gasteiger partial charge in [-0.3, -0.25) is 4.79 Å². The van der Waals surface area contributed by atoms with E-state index in [0.717, 1.165) is 17.7 Å². The molecule has 100 valence electrons. The Labute approximate surface area is 113 Å². The standard InChI is InChI=1S/C14H22N2OS/c1-2-3-7-10-18-11-14(16,13(15)17)12-8-5-4-6-9-12/h4-6,8-9H,2-3,7,10-11,16H2,1H3,(H2,15,17). The molecule has 1 rings (SSSR count). The van der Waals surface area contributed by atoms with E-state index in [9.17, 15) is 4.79 Å². The second-order valence-electron chi connectivity index (χ2n) is 4.46. The highest BCUT2D eigenvalue weighted by molar-refractivity contribution is 7.99. The van der Waals surface area contributed by atoms with Crippen molar-refractivity contribution in [3.8, 4) is 0 Å². The fourth-order valence-electron chi connectivity index (χ4n) is 1.72. The summed E-state index contributed by atoms with van der Waals surface area (Å²) in [5, 5.41) is 0. The normalized spacial score (nSPS) is 14.1. The van der Waals surface area contributed by atoms with Gasteiger partial charge in [-0.15, -0.1) is 0 Å². The fraction of sp³-hybridized carbons (Fsp3) is 0.500. The summed E-state index contributed by atoms with van der Waals surface area (Å²) in [6, 6.07) is 9.37. The Bertz CT molecular complexity index is 369. The molecule has 0 bridgehead atoms. The molecule has 0 spiro atoms. The number of thioether (sulfide) groups is 1. The van der Waals surface area contributed by atoms with Crippen molar-refractivity contribution in [2.24, 2.45) is 11.5 Å². The lowest BCUT2D eigenvalue weighted by Crippen LogP contribution is -2.51. The van der Waals surface area contributed by atoms with Gasteiger partial charge in [0.05, 0.1) is 0 Å². The maximum absolute atomic E-state index is 11.6. The van der Waals surface area contributed by atoms with Crippen LogP contribution in [0, 0.1) is 0 Å². The maximum Gasteiger partial charge on any atom is 0.242 e. The SMILES string of the molecule is CCCCCSCC(N)(C(N)=O)c1ccccc1. The van der Waals surface area contributed by atoms with Crippen LogP contribution in [0.1, 0.15) is 31.7 Å². The van der Waals surface area contributed by atoms with Gasteiger partial charge in [-0.1, -0.05) is 50.1 Å². The van der Waals surface area contributed by atoms with Crippen LogP contribution in [0.15, 0.2) is 30.3 Å². The Balaban J connectivity index is 2.62. The molecule has 0 heterocycles. The van der Waals surface area contributed by atoms with E-state index >= 15 is 0 Å². The van der Waals surface area contributed by atoms with Crippen molar-refractivity contribution in [1.82, 2.24) is 0 Å². The number of unbranched alkanes of at least 4 members (excludes halogenated alkanes) is 2. The third-order valence-electron chi connectivity index (χ3n) is 2.95. The second-order valence-corrected chi connectivity index (χ2v) is 5.57. The zero-order valence-corrected chi connectivity index (χ0v) is 11.7. The van der Waals surface area contributed by atoms with Crippen LogP contribution in [0.2, 0.25) is 0 Å². The van der Waals surface area contributed by atoms with Gasteiger partial charge < -0.3 is 11.5 Å². The van der Waals surface area contributed by atoms with E-state index in [0.29, 0.717) is 5.75 Å². The predicted octanol–water partition coefficient (Wildman–Crippen LogP) is 2.25. The summed E-state index contributed by atoms with van der Waals surface area (Å²) in [6.45, 7) is 2.17. The molecule has 0 aliphatic rings. The minimum atomic E-state index is -1.06. The van der Waals surface area contributed by atoms with E-state index in [4.69, 9.17) is 11.5 Å². The summed E-state index contributed by atoms with van der Waals surface area (Å²) in [5.41, 5.74) is 11.4. The molecule has 0 fully saturated rings.